The number of benzene rings is 1. The van der Waals surface area contributed by atoms with Crippen LogP contribution in [0.25, 0.3) is 0 Å². The summed E-state index contributed by atoms with van der Waals surface area (Å²) in [5.74, 6) is 6.45. The van der Waals surface area contributed by atoms with Crippen molar-refractivity contribution < 1.29 is 19.0 Å². The molecule has 1 amide bonds. The molecule has 1 aromatic carbocycles. The number of nitrogens with zero attached hydrogens (tertiary/aromatic N) is 2. The Labute approximate surface area is 194 Å². The third-order valence-electron chi connectivity index (χ3n) is 4.10. The van der Waals surface area contributed by atoms with E-state index in [1.807, 2.05) is 44.2 Å². The number of carbonyl (C=O) groups is 1. The predicted octanol–water partition coefficient (Wildman–Crippen LogP) is 4.00. The zero-order chi connectivity index (χ0) is 23.0. The van der Waals surface area contributed by atoms with Gasteiger partial charge in [0, 0.05) is 32.5 Å². The van der Waals surface area contributed by atoms with E-state index in [1.165, 1.54) is 0 Å². The van der Waals surface area contributed by atoms with E-state index < -0.39 is 12.4 Å². The smallest absolute Gasteiger partial charge is 0.407 e. The number of ether oxygens (including phenoxy) is 3. The van der Waals surface area contributed by atoms with E-state index in [0.29, 0.717) is 37.7 Å². The summed E-state index contributed by atoms with van der Waals surface area (Å²) < 4.78 is 16.0. The fourth-order valence-electron chi connectivity index (χ4n) is 2.58. The minimum absolute atomic E-state index is 0.132. The molecule has 0 bridgehead atoms. The molecule has 0 spiro atoms. The van der Waals surface area contributed by atoms with Crippen molar-refractivity contribution in [1.82, 2.24) is 15.3 Å². The van der Waals surface area contributed by atoms with Gasteiger partial charge in [0.15, 0.2) is 0 Å². The van der Waals surface area contributed by atoms with Gasteiger partial charge in [0.1, 0.15) is 12.4 Å². The summed E-state index contributed by atoms with van der Waals surface area (Å²) >= 11 is 5.93. The number of amides is 1. The molecule has 2 rings (SSSR count). The second-order valence-electron chi connectivity index (χ2n) is 6.54. The van der Waals surface area contributed by atoms with Crippen LogP contribution in [0.15, 0.2) is 36.5 Å². The van der Waals surface area contributed by atoms with Crippen LogP contribution in [0.2, 0.25) is 5.28 Å². The first-order valence-corrected chi connectivity index (χ1v) is 11.0. The minimum atomic E-state index is -0.610. The van der Waals surface area contributed by atoms with Crippen molar-refractivity contribution in [2.45, 2.75) is 39.6 Å². The summed E-state index contributed by atoms with van der Waals surface area (Å²) in [4.78, 5) is 20.0. The number of aromatic nitrogens is 2. The zero-order valence-corrected chi connectivity index (χ0v) is 19.2. The van der Waals surface area contributed by atoms with Crippen LogP contribution in [0.4, 0.5) is 10.6 Å². The maximum absolute atomic E-state index is 11.8. The van der Waals surface area contributed by atoms with Gasteiger partial charge in [0.25, 0.3) is 0 Å². The van der Waals surface area contributed by atoms with Crippen LogP contribution in [-0.2, 0) is 20.8 Å². The van der Waals surface area contributed by atoms with Crippen LogP contribution in [0, 0.1) is 11.8 Å². The molecule has 2 N–H and O–H groups in total. The van der Waals surface area contributed by atoms with Gasteiger partial charge >= 0.3 is 6.09 Å². The Morgan fingerprint density at radius 1 is 1.12 bits per heavy atom. The molecule has 1 heterocycles. The minimum Gasteiger partial charge on any atom is -0.445 e. The molecule has 0 saturated heterocycles. The molecule has 9 heteroatoms. The summed E-state index contributed by atoms with van der Waals surface area (Å²) in [6, 6.07) is 9.54. The number of halogens is 1. The highest BCUT2D eigenvalue weighted by molar-refractivity contribution is 6.28. The first-order valence-electron chi connectivity index (χ1n) is 10.6. The fourth-order valence-corrected chi connectivity index (χ4v) is 2.71. The Morgan fingerprint density at radius 2 is 1.84 bits per heavy atom. The van der Waals surface area contributed by atoms with E-state index in [0.717, 1.165) is 18.4 Å². The van der Waals surface area contributed by atoms with Crippen molar-refractivity contribution >= 4 is 23.5 Å². The first kappa shape index (κ1) is 25.4. The van der Waals surface area contributed by atoms with Gasteiger partial charge in [-0.25, -0.2) is 9.78 Å². The van der Waals surface area contributed by atoms with Crippen LogP contribution in [0.5, 0.6) is 0 Å². The second-order valence-corrected chi connectivity index (χ2v) is 6.87. The largest absolute Gasteiger partial charge is 0.445 e. The van der Waals surface area contributed by atoms with Crippen LogP contribution in [0.3, 0.4) is 0 Å². The molecule has 1 aromatic heterocycles. The maximum atomic E-state index is 11.8. The molecule has 172 valence electrons. The summed E-state index contributed by atoms with van der Waals surface area (Å²) in [5, 5.41) is 6.09. The van der Waals surface area contributed by atoms with E-state index in [1.54, 1.807) is 6.20 Å². The third kappa shape index (κ3) is 9.96. The van der Waals surface area contributed by atoms with E-state index in [4.69, 9.17) is 25.8 Å². The summed E-state index contributed by atoms with van der Waals surface area (Å²) in [6.45, 7) is 6.14. The van der Waals surface area contributed by atoms with E-state index in [-0.39, 0.29) is 11.9 Å². The van der Waals surface area contributed by atoms with Crippen molar-refractivity contribution in [3.63, 3.8) is 0 Å². The van der Waals surface area contributed by atoms with Crippen LogP contribution >= 0.6 is 11.6 Å². The fraction of sp³-hybridized carbons (Fsp3) is 0.435. The van der Waals surface area contributed by atoms with Gasteiger partial charge in [-0.2, -0.15) is 4.98 Å². The van der Waals surface area contributed by atoms with Crippen LogP contribution < -0.4 is 10.6 Å². The Kier molecular flexibility index (Phi) is 11.9. The SMILES string of the molecule is CCOC(C#Cc1cnc(Cl)nc1NCCCCNC(=O)OCc1ccccc1)OCC. The molecule has 0 unspecified atom stereocenters. The number of anilines is 1. The van der Waals surface area contributed by atoms with Crippen LogP contribution in [-0.4, -0.2) is 48.7 Å². The highest BCUT2D eigenvalue weighted by Crippen LogP contribution is 2.13. The maximum Gasteiger partial charge on any atom is 0.407 e. The summed E-state index contributed by atoms with van der Waals surface area (Å²) in [5.41, 5.74) is 1.55. The van der Waals surface area contributed by atoms with Gasteiger partial charge in [-0.05, 0) is 49.8 Å². The topological polar surface area (TPSA) is 94.6 Å². The molecule has 0 radical (unpaired) electrons. The highest BCUT2D eigenvalue weighted by Gasteiger charge is 2.07. The number of hydrogen-bond acceptors (Lipinski definition) is 7. The Morgan fingerprint density at radius 3 is 2.56 bits per heavy atom. The Balaban J connectivity index is 1.73. The highest BCUT2D eigenvalue weighted by atomic mass is 35.5. The van der Waals surface area contributed by atoms with Crippen molar-refractivity contribution in [1.29, 1.82) is 0 Å². The van der Waals surface area contributed by atoms with Crippen molar-refractivity contribution in [2.24, 2.45) is 0 Å². The lowest BCUT2D eigenvalue weighted by Crippen LogP contribution is -2.25. The Bertz CT molecular complexity index is 881. The molecule has 8 nitrogen and oxygen atoms in total. The number of nitrogens with one attached hydrogen (secondary N) is 2. The van der Waals surface area contributed by atoms with Gasteiger partial charge in [-0.15, -0.1) is 0 Å². The predicted molar refractivity (Wildman–Crippen MR) is 123 cm³/mol. The average Bonchev–Trinajstić information content (AvgIpc) is 2.80. The van der Waals surface area contributed by atoms with Gasteiger partial charge in [0.2, 0.25) is 11.6 Å². The number of hydrogen-bond donors (Lipinski definition) is 2. The van der Waals surface area contributed by atoms with Crippen molar-refractivity contribution in [2.75, 3.05) is 31.6 Å². The molecule has 0 fully saturated rings. The average molecular weight is 461 g/mol. The molecule has 0 aliphatic carbocycles. The van der Waals surface area contributed by atoms with Crippen LogP contribution in [0.1, 0.15) is 37.8 Å². The quantitative estimate of drug-likeness (QED) is 0.214. The number of rotatable bonds is 12. The Hall–Kier alpha value is -2.86. The van der Waals surface area contributed by atoms with Crippen molar-refractivity contribution in [3.8, 4) is 11.8 Å². The monoisotopic (exact) mass is 460 g/mol. The van der Waals surface area contributed by atoms with Gasteiger partial charge in [0.05, 0.1) is 5.56 Å². The van der Waals surface area contributed by atoms with Crippen molar-refractivity contribution in [3.05, 3.63) is 52.9 Å². The lowest BCUT2D eigenvalue weighted by atomic mass is 10.2. The molecular formula is C23H29ClN4O4. The number of unbranched alkanes of at least 4 members (excludes halogenated alkanes) is 1. The molecule has 0 aliphatic heterocycles. The number of carbonyl (C=O) groups excluding carboxylic acids is 1. The lowest BCUT2D eigenvalue weighted by molar-refractivity contribution is -0.0969. The van der Waals surface area contributed by atoms with E-state index >= 15 is 0 Å². The van der Waals surface area contributed by atoms with Gasteiger partial charge in [-0.3, -0.25) is 0 Å². The molecule has 0 aliphatic rings. The zero-order valence-electron chi connectivity index (χ0n) is 18.4. The first-order chi connectivity index (χ1) is 15.6. The molecular weight excluding hydrogens is 432 g/mol. The van der Waals surface area contributed by atoms with Gasteiger partial charge < -0.3 is 24.8 Å². The van der Waals surface area contributed by atoms with Gasteiger partial charge in [-0.1, -0.05) is 36.3 Å². The molecule has 0 atom stereocenters. The van der Waals surface area contributed by atoms with E-state index in [9.17, 15) is 4.79 Å². The van der Waals surface area contributed by atoms with E-state index in [2.05, 4.69) is 32.4 Å². The molecule has 32 heavy (non-hydrogen) atoms. The number of alkyl carbamates (subject to hydrolysis) is 1. The summed E-state index contributed by atoms with van der Waals surface area (Å²) in [7, 11) is 0. The summed E-state index contributed by atoms with van der Waals surface area (Å²) in [6.07, 6.45) is 2.09. The second kappa shape index (κ2) is 15.0. The normalized spacial score (nSPS) is 10.4. The molecule has 0 saturated carbocycles. The molecule has 2 aromatic rings. The lowest BCUT2D eigenvalue weighted by Gasteiger charge is -2.10. The third-order valence-corrected chi connectivity index (χ3v) is 4.28. The standard InChI is InChI=1S/C23H29ClN4O4/c1-3-30-20(31-4-2)13-12-19-16-27-22(24)28-21(19)25-14-8-9-15-26-23(29)32-17-18-10-6-5-7-11-18/h5-7,10-11,16,20H,3-4,8-9,14-15,17H2,1-2H3,(H,26,29)(H,25,27,28).